The summed E-state index contributed by atoms with van der Waals surface area (Å²) in [6, 6.07) is 10.6. The van der Waals surface area contributed by atoms with E-state index in [0.717, 1.165) is 46.3 Å². The number of pyridine rings is 1. The molecule has 0 spiro atoms. The Hall–Kier alpha value is -6.37. The molecule has 0 atom stereocenters. The zero-order valence-electron chi connectivity index (χ0n) is 48.5. The molecular weight excluding hydrogens is 1130 g/mol. The first-order valence-electron chi connectivity index (χ1n) is 28.9. The van der Waals surface area contributed by atoms with E-state index < -0.39 is 24.0 Å². The molecule has 9 N–H and O–H groups in total. The molecular formula is C57H84ClFN12O14. The number of carbonyl (C=O) groups is 5. The van der Waals surface area contributed by atoms with Gasteiger partial charge in [0.25, 0.3) is 0 Å². The standard InChI is InChI=1S/C57H84ClFN12O14/c1-41-32-42(34-44(59)33-41)46-36-64-55(53(54(46)71-11-6-45(60)7-12-71)56-65-47-5-4-43(58)35-48(47)66-56)62-8-2-3-21-85-57(79)63-10-23-81-25-27-83-29-31-84-30-28-82-26-24-80-22-9-61-49(72)37-67-13-15-68(38-50(73)74)17-19-70(40-52(77)78)20-18-69(16-14-67)39-51(75)76/h4-5,32-36,45H,2-3,6-31,37-40,60H2,1H3,(H,61,72)(H,62,64)(H,63,79)(H,65,66)(H,73,74)(H,75,76)(H,77,78). The van der Waals surface area contributed by atoms with E-state index in [1.165, 1.54) is 12.1 Å². The number of ether oxygens (including phenoxy) is 6. The van der Waals surface area contributed by atoms with Crippen molar-refractivity contribution in [2.45, 2.75) is 38.6 Å². The molecule has 85 heavy (non-hydrogen) atoms. The molecule has 2 aliphatic rings. The summed E-state index contributed by atoms with van der Waals surface area (Å²) in [6.07, 6.45) is 4.10. The van der Waals surface area contributed by atoms with E-state index in [2.05, 4.69) is 25.8 Å². The SMILES string of the molecule is Cc1cc(F)cc(-c2cnc(NCCCCOC(=O)NCCOCCOCCOCCOCCOCCNC(=O)CN3CCN(CC(=O)O)CCN(CC(=O)O)CCN(CC(=O)O)CC3)c(-c3nc4ccc(Cl)cc4[nH]3)c2N2CCC(N)CC2)c1. The molecule has 2 saturated heterocycles. The van der Waals surface area contributed by atoms with E-state index in [9.17, 15) is 43.7 Å². The second kappa shape index (κ2) is 37.2. The van der Waals surface area contributed by atoms with E-state index >= 15 is 0 Å². The van der Waals surface area contributed by atoms with Crippen molar-refractivity contribution in [1.29, 1.82) is 0 Å². The fourth-order valence-electron chi connectivity index (χ4n) is 9.68. The van der Waals surface area contributed by atoms with Crippen LogP contribution in [0.15, 0.2) is 42.6 Å². The number of carboxylic acids is 3. The van der Waals surface area contributed by atoms with E-state index in [1.54, 1.807) is 27.0 Å². The Balaban J connectivity index is 0.772. The average Bonchev–Trinajstić information content (AvgIpc) is 2.89. The number of nitrogens with two attached hydrogens (primary N) is 1. The van der Waals surface area contributed by atoms with Crippen LogP contribution in [0, 0.1) is 12.7 Å². The summed E-state index contributed by atoms with van der Waals surface area (Å²) in [7, 11) is 0. The molecule has 2 aromatic carbocycles. The molecule has 0 saturated carbocycles. The molecule has 0 bridgehead atoms. The van der Waals surface area contributed by atoms with Gasteiger partial charge in [-0.3, -0.25) is 38.8 Å². The number of anilines is 2. The van der Waals surface area contributed by atoms with Crippen LogP contribution >= 0.6 is 11.6 Å². The minimum atomic E-state index is -1.03. The van der Waals surface area contributed by atoms with Crippen LogP contribution in [-0.2, 0) is 47.6 Å². The number of unbranched alkanes of at least 4 members (excludes halogenated alkanes) is 1. The number of fused-ring (bicyclic) bond motifs is 1. The smallest absolute Gasteiger partial charge is 0.407 e. The maximum Gasteiger partial charge on any atom is 0.407 e. The number of carbonyl (C=O) groups excluding carboxylic acids is 2. The summed E-state index contributed by atoms with van der Waals surface area (Å²) in [5, 5.41) is 37.8. The Morgan fingerprint density at radius 3 is 1.71 bits per heavy atom. The van der Waals surface area contributed by atoms with Gasteiger partial charge in [0.2, 0.25) is 5.91 Å². The lowest BCUT2D eigenvalue weighted by atomic mass is 9.96. The predicted octanol–water partition coefficient (Wildman–Crippen LogP) is 2.91. The summed E-state index contributed by atoms with van der Waals surface area (Å²) < 4.78 is 48.1. The first-order valence-corrected chi connectivity index (χ1v) is 29.3. The number of nitrogens with zero attached hydrogens (tertiary/aromatic N) is 7. The number of aliphatic carboxylic acids is 3. The van der Waals surface area contributed by atoms with Crippen molar-refractivity contribution in [2.24, 2.45) is 5.73 Å². The highest BCUT2D eigenvalue weighted by Crippen LogP contribution is 2.44. The van der Waals surface area contributed by atoms with Gasteiger partial charge in [-0.1, -0.05) is 17.7 Å². The minimum Gasteiger partial charge on any atom is -0.480 e. The molecule has 26 nitrogen and oxygen atoms in total. The van der Waals surface area contributed by atoms with Crippen LogP contribution in [0.3, 0.4) is 0 Å². The van der Waals surface area contributed by atoms with Gasteiger partial charge in [-0.15, -0.1) is 0 Å². The molecule has 4 heterocycles. The van der Waals surface area contributed by atoms with Crippen molar-refractivity contribution >= 4 is 64.0 Å². The van der Waals surface area contributed by atoms with Gasteiger partial charge >= 0.3 is 24.0 Å². The lowest BCUT2D eigenvalue weighted by Gasteiger charge is -2.35. The number of H-pyrrole nitrogens is 1. The third kappa shape index (κ3) is 25.2. The molecule has 2 aromatic heterocycles. The maximum atomic E-state index is 14.9. The third-order valence-electron chi connectivity index (χ3n) is 14.0. The van der Waals surface area contributed by atoms with Crippen molar-refractivity contribution in [3.05, 3.63) is 59.0 Å². The van der Waals surface area contributed by atoms with Gasteiger partial charge < -0.3 is 75.3 Å². The fourth-order valence-corrected chi connectivity index (χ4v) is 9.85. The van der Waals surface area contributed by atoms with E-state index in [1.807, 2.05) is 30.0 Å². The van der Waals surface area contributed by atoms with Crippen LogP contribution in [0.1, 0.15) is 31.2 Å². The van der Waals surface area contributed by atoms with Gasteiger partial charge in [-0.2, -0.15) is 0 Å². The summed E-state index contributed by atoms with van der Waals surface area (Å²) in [5.41, 5.74) is 11.8. The fraction of sp³-hybridized carbons (Fsp3) is 0.596. The lowest BCUT2D eigenvalue weighted by Crippen LogP contribution is -2.50. The van der Waals surface area contributed by atoms with E-state index in [4.69, 9.17) is 55.7 Å². The Labute approximate surface area is 499 Å². The number of imidazole rings is 1. The van der Waals surface area contributed by atoms with Crippen molar-refractivity contribution in [3.8, 4) is 22.5 Å². The second-order valence-corrected chi connectivity index (χ2v) is 21.2. The number of hydrogen-bond donors (Lipinski definition) is 8. The molecule has 470 valence electrons. The normalized spacial score (nSPS) is 15.6. The summed E-state index contributed by atoms with van der Waals surface area (Å²) >= 11 is 6.36. The number of aromatic nitrogens is 3. The largest absolute Gasteiger partial charge is 0.480 e. The quantitative estimate of drug-likeness (QED) is 0.0307. The van der Waals surface area contributed by atoms with Gasteiger partial charge in [0.15, 0.2) is 0 Å². The van der Waals surface area contributed by atoms with Gasteiger partial charge in [0.05, 0.1) is 121 Å². The highest BCUT2D eigenvalue weighted by molar-refractivity contribution is 6.31. The number of halogens is 2. The summed E-state index contributed by atoms with van der Waals surface area (Å²) in [5.74, 6) is -2.47. The number of aromatic amines is 1. The predicted molar refractivity (Wildman–Crippen MR) is 317 cm³/mol. The first kappa shape index (κ1) is 67.8. The minimum absolute atomic E-state index is 0.0138. The Morgan fingerprint density at radius 1 is 0.659 bits per heavy atom. The number of carboxylic acid groups (broad SMARTS) is 3. The van der Waals surface area contributed by atoms with Crippen LogP contribution in [0.5, 0.6) is 0 Å². The molecule has 0 unspecified atom stereocenters. The number of rotatable bonds is 35. The van der Waals surface area contributed by atoms with Gasteiger partial charge in [0.1, 0.15) is 17.5 Å². The van der Waals surface area contributed by atoms with Crippen LogP contribution in [0.2, 0.25) is 5.02 Å². The maximum absolute atomic E-state index is 14.9. The highest BCUT2D eigenvalue weighted by Gasteiger charge is 2.28. The highest BCUT2D eigenvalue weighted by atomic mass is 35.5. The number of alkyl carbamates (subject to hydrolysis) is 1. The third-order valence-corrected chi connectivity index (χ3v) is 14.2. The number of hydrogen-bond acceptors (Lipinski definition) is 20. The number of aryl methyl sites for hydroxylation is 1. The number of amides is 2. The Morgan fingerprint density at radius 2 is 1.18 bits per heavy atom. The van der Waals surface area contributed by atoms with Crippen LogP contribution in [0.25, 0.3) is 33.5 Å². The molecule has 2 aliphatic heterocycles. The molecule has 6 rings (SSSR count). The zero-order valence-corrected chi connectivity index (χ0v) is 49.3. The Kier molecular flexibility index (Phi) is 29.7. The van der Waals surface area contributed by atoms with Crippen LogP contribution in [0.4, 0.5) is 20.7 Å². The molecule has 2 amide bonds. The number of nitrogens with one attached hydrogen (secondary N) is 4. The van der Waals surface area contributed by atoms with E-state index in [-0.39, 0.29) is 89.9 Å². The van der Waals surface area contributed by atoms with Gasteiger partial charge in [-0.25, -0.2) is 19.2 Å². The van der Waals surface area contributed by atoms with Crippen molar-refractivity contribution in [1.82, 2.24) is 45.2 Å². The van der Waals surface area contributed by atoms with Crippen LogP contribution < -0.4 is 26.6 Å². The monoisotopic (exact) mass is 1210 g/mol. The zero-order chi connectivity index (χ0) is 60.8. The molecule has 0 aliphatic carbocycles. The lowest BCUT2D eigenvalue weighted by molar-refractivity contribution is -0.140. The molecule has 0 radical (unpaired) electrons. The van der Waals surface area contributed by atoms with Gasteiger partial charge in [-0.05, 0) is 74.1 Å². The van der Waals surface area contributed by atoms with Crippen molar-refractivity contribution < 1.29 is 72.1 Å². The summed E-state index contributed by atoms with van der Waals surface area (Å²) in [6.45, 7) is 9.58. The second-order valence-electron chi connectivity index (χ2n) is 20.7. The van der Waals surface area contributed by atoms with Gasteiger partial charge in [0, 0.05) is 108 Å². The number of piperidine rings is 1. The van der Waals surface area contributed by atoms with E-state index in [0.29, 0.717) is 147 Å². The number of benzene rings is 2. The molecule has 4 aromatic rings. The Bertz CT molecular complexity index is 2670. The summed E-state index contributed by atoms with van der Waals surface area (Å²) in [4.78, 5) is 82.3. The van der Waals surface area contributed by atoms with Crippen molar-refractivity contribution in [3.63, 3.8) is 0 Å². The molecule has 2 fully saturated rings. The first-order chi connectivity index (χ1) is 41.1. The molecule has 28 heteroatoms. The topological polar surface area (TPSA) is 321 Å². The van der Waals surface area contributed by atoms with Crippen LogP contribution in [-0.4, -0.2) is 270 Å². The average molecular weight is 1220 g/mol. The van der Waals surface area contributed by atoms with Crippen molar-refractivity contribution in [2.75, 3.05) is 194 Å².